The summed E-state index contributed by atoms with van der Waals surface area (Å²) in [6.07, 6.45) is 3.13. The molecule has 2 aromatic heterocycles. The maximum absolute atomic E-state index is 13.7. The molecular weight excluding hydrogens is 582 g/mol. The van der Waals surface area contributed by atoms with E-state index in [9.17, 15) is 18.0 Å². The quantitative estimate of drug-likeness (QED) is 0.295. The number of hydrogen-bond donors (Lipinski definition) is 1. The summed E-state index contributed by atoms with van der Waals surface area (Å²) in [5.74, 6) is 0.598. The number of carbonyl (C=O) groups excluding carboxylic acids is 2. The molecule has 3 heterocycles. The lowest BCUT2D eigenvalue weighted by Gasteiger charge is -2.40. The summed E-state index contributed by atoms with van der Waals surface area (Å²) in [5.41, 5.74) is 2.32. The fourth-order valence-corrected chi connectivity index (χ4v) is 7.31. The first-order valence-corrected chi connectivity index (χ1v) is 16.0. The van der Waals surface area contributed by atoms with Gasteiger partial charge in [-0.1, -0.05) is 24.3 Å². The molecule has 2 aromatic carbocycles. The molecule has 1 aliphatic rings. The molecule has 0 spiro atoms. The van der Waals surface area contributed by atoms with Gasteiger partial charge in [-0.05, 0) is 75.5 Å². The van der Waals surface area contributed by atoms with E-state index in [1.165, 1.54) is 0 Å². The maximum Gasteiger partial charge on any atom is 0.415 e. The van der Waals surface area contributed by atoms with Gasteiger partial charge in [0.1, 0.15) is 11.5 Å². The summed E-state index contributed by atoms with van der Waals surface area (Å²) in [6, 6.07) is 18.8. The Morgan fingerprint density at radius 2 is 1.82 bits per heavy atom. The zero-order valence-electron chi connectivity index (χ0n) is 24.8. The number of amides is 2. The molecule has 44 heavy (non-hydrogen) atoms. The van der Waals surface area contributed by atoms with Crippen LogP contribution in [0.1, 0.15) is 33.8 Å². The number of rotatable bonds is 9. The van der Waals surface area contributed by atoms with Crippen LogP contribution in [0.5, 0.6) is 5.75 Å². The molecule has 12 heteroatoms. The van der Waals surface area contributed by atoms with Gasteiger partial charge in [0.25, 0.3) is 5.91 Å². The molecule has 2 amide bonds. The number of carbonyl (C=O) groups is 2. The lowest BCUT2D eigenvalue weighted by molar-refractivity contribution is 0.0950. The minimum absolute atomic E-state index is 0.216. The first-order valence-electron chi connectivity index (χ1n) is 14.2. The van der Waals surface area contributed by atoms with Gasteiger partial charge in [0.15, 0.2) is 9.84 Å². The van der Waals surface area contributed by atoms with Crippen LogP contribution in [0.4, 0.5) is 4.79 Å². The number of likely N-dealkylation sites (N-methyl/N-ethyl adjacent to an activating group) is 1. The first-order chi connectivity index (χ1) is 21.1. The van der Waals surface area contributed by atoms with Crippen LogP contribution < -0.4 is 10.1 Å². The van der Waals surface area contributed by atoms with Gasteiger partial charge in [-0.2, -0.15) is 0 Å². The van der Waals surface area contributed by atoms with Crippen molar-refractivity contribution in [1.29, 1.82) is 0 Å². The third kappa shape index (κ3) is 7.32. The number of hydrogen-bond acceptors (Lipinski definition) is 9. The molecule has 1 fully saturated rings. The first kappa shape index (κ1) is 30.9. The van der Waals surface area contributed by atoms with Gasteiger partial charge in [0, 0.05) is 49.2 Å². The summed E-state index contributed by atoms with van der Waals surface area (Å²) in [6.45, 7) is 2.52. The summed E-state index contributed by atoms with van der Waals surface area (Å²) in [7, 11) is -0.0634. The lowest BCUT2D eigenvalue weighted by atomic mass is 10.0. The van der Waals surface area contributed by atoms with Gasteiger partial charge in [0.2, 0.25) is 5.89 Å². The Kier molecular flexibility index (Phi) is 9.40. The molecule has 0 bridgehead atoms. The van der Waals surface area contributed by atoms with Gasteiger partial charge in [-0.15, -0.1) is 0 Å². The standard InChI is InChI=1S/C32H35N5O6S/c1-22-27(35-31(42-22)25-13-11-24(12-14-25)30(38)34-19-23-8-7-16-33-18-23)21-44(40,41)29-15-17-37(20-28(29)36(2)3)32(39)43-26-9-5-4-6-10-26/h4-14,16,18,28-29H,15,17,19-21H2,1-3H3,(H,34,38). The third-order valence-corrected chi connectivity index (χ3v) is 9.80. The monoisotopic (exact) mass is 617 g/mol. The van der Waals surface area contributed by atoms with E-state index in [1.807, 2.05) is 37.2 Å². The Hall–Kier alpha value is -4.55. The summed E-state index contributed by atoms with van der Waals surface area (Å²) in [4.78, 5) is 37.3. The van der Waals surface area contributed by atoms with Crippen molar-refractivity contribution in [3.63, 3.8) is 0 Å². The SMILES string of the molecule is Cc1oc(-c2ccc(C(=O)NCc3cccnc3)cc2)nc1CS(=O)(=O)C1CCN(C(=O)Oc2ccccc2)CC1N(C)C. The minimum Gasteiger partial charge on any atom is -0.441 e. The van der Waals surface area contributed by atoms with Crippen LogP contribution in [0.25, 0.3) is 11.5 Å². The number of aryl methyl sites for hydroxylation is 1. The Bertz CT molecular complexity index is 1690. The zero-order valence-corrected chi connectivity index (χ0v) is 25.7. The van der Waals surface area contributed by atoms with Gasteiger partial charge in [-0.25, -0.2) is 18.2 Å². The number of ether oxygens (including phenoxy) is 1. The Morgan fingerprint density at radius 3 is 2.50 bits per heavy atom. The van der Waals surface area contributed by atoms with Crippen LogP contribution in [-0.2, 0) is 22.1 Å². The summed E-state index contributed by atoms with van der Waals surface area (Å²) in [5, 5.41) is 2.15. The topological polar surface area (TPSA) is 135 Å². The van der Waals surface area contributed by atoms with Crippen molar-refractivity contribution in [3.05, 3.63) is 102 Å². The Morgan fingerprint density at radius 1 is 1.07 bits per heavy atom. The van der Waals surface area contributed by atoms with E-state index in [-0.39, 0.29) is 37.1 Å². The molecule has 1 N–H and O–H groups in total. The normalized spacial score (nSPS) is 17.0. The number of aromatic nitrogens is 2. The second kappa shape index (κ2) is 13.4. The number of pyridine rings is 1. The lowest BCUT2D eigenvalue weighted by Crippen LogP contribution is -2.57. The molecular formula is C32H35N5O6S. The average molecular weight is 618 g/mol. The summed E-state index contributed by atoms with van der Waals surface area (Å²) < 4.78 is 38.8. The Balaban J connectivity index is 1.23. The average Bonchev–Trinajstić information content (AvgIpc) is 3.39. The molecule has 2 unspecified atom stereocenters. The van der Waals surface area contributed by atoms with E-state index in [1.54, 1.807) is 72.7 Å². The van der Waals surface area contributed by atoms with Crippen molar-refractivity contribution in [3.8, 4) is 17.2 Å². The van der Waals surface area contributed by atoms with Crippen molar-refractivity contribution >= 4 is 21.8 Å². The van der Waals surface area contributed by atoms with Crippen molar-refractivity contribution in [1.82, 2.24) is 25.1 Å². The van der Waals surface area contributed by atoms with Crippen molar-refractivity contribution in [2.45, 2.75) is 36.9 Å². The number of nitrogens with one attached hydrogen (secondary N) is 1. The highest BCUT2D eigenvalue weighted by Gasteiger charge is 2.41. The van der Waals surface area contributed by atoms with Gasteiger partial charge < -0.3 is 24.3 Å². The molecule has 1 saturated heterocycles. The second-order valence-electron chi connectivity index (χ2n) is 10.9. The van der Waals surface area contributed by atoms with Crippen molar-refractivity contribution in [2.24, 2.45) is 0 Å². The molecule has 0 radical (unpaired) electrons. The summed E-state index contributed by atoms with van der Waals surface area (Å²) >= 11 is 0. The highest BCUT2D eigenvalue weighted by atomic mass is 32.2. The molecule has 2 atom stereocenters. The predicted molar refractivity (Wildman–Crippen MR) is 165 cm³/mol. The van der Waals surface area contributed by atoms with E-state index in [2.05, 4.69) is 15.3 Å². The van der Waals surface area contributed by atoms with Crippen LogP contribution >= 0.6 is 0 Å². The van der Waals surface area contributed by atoms with E-state index < -0.39 is 27.2 Å². The number of oxazole rings is 1. The smallest absolute Gasteiger partial charge is 0.415 e. The fraction of sp³-hybridized carbons (Fsp3) is 0.312. The molecule has 11 nitrogen and oxygen atoms in total. The van der Waals surface area contributed by atoms with E-state index in [0.717, 1.165) is 5.56 Å². The van der Waals surface area contributed by atoms with Crippen molar-refractivity contribution < 1.29 is 27.2 Å². The van der Waals surface area contributed by atoms with Gasteiger partial charge >= 0.3 is 6.09 Å². The molecule has 4 aromatic rings. The number of benzene rings is 2. The molecule has 230 valence electrons. The van der Waals surface area contributed by atoms with Gasteiger partial charge in [0.05, 0.1) is 16.7 Å². The largest absolute Gasteiger partial charge is 0.441 e. The third-order valence-electron chi connectivity index (χ3n) is 7.65. The Labute approximate surface area is 256 Å². The number of piperidine rings is 1. The zero-order chi connectivity index (χ0) is 31.3. The van der Waals surface area contributed by atoms with Crippen molar-refractivity contribution in [2.75, 3.05) is 27.2 Å². The number of para-hydroxylation sites is 1. The molecule has 1 aliphatic heterocycles. The van der Waals surface area contributed by atoms with E-state index >= 15 is 0 Å². The second-order valence-corrected chi connectivity index (χ2v) is 13.2. The van der Waals surface area contributed by atoms with Crippen LogP contribution in [0.15, 0.2) is 83.5 Å². The van der Waals surface area contributed by atoms with Crippen LogP contribution in [-0.4, -0.2) is 78.7 Å². The minimum atomic E-state index is -3.68. The molecule has 5 rings (SSSR count). The molecule has 0 aliphatic carbocycles. The van der Waals surface area contributed by atoms with E-state index in [4.69, 9.17) is 9.15 Å². The van der Waals surface area contributed by atoms with Gasteiger partial charge in [-0.3, -0.25) is 9.78 Å². The van der Waals surface area contributed by atoms with Crippen LogP contribution in [0, 0.1) is 6.92 Å². The highest BCUT2D eigenvalue weighted by Crippen LogP contribution is 2.28. The molecule has 0 saturated carbocycles. The number of nitrogens with zero attached hydrogens (tertiary/aromatic N) is 4. The fourth-order valence-electron chi connectivity index (χ4n) is 5.18. The van der Waals surface area contributed by atoms with Crippen LogP contribution in [0.2, 0.25) is 0 Å². The van der Waals surface area contributed by atoms with Crippen LogP contribution in [0.3, 0.4) is 0 Å². The number of sulfone groups is 1. The predicted octanol–water partition coefficient (Wildman–Crippen LogP) is 4.09. The number of likely N-dealkylation sites (tertiary alicyclic amines) is 1. The maximum atomic E-state index is 13.7. The van der Waals surface area contributed by atoms with E-state index in [0.29, 0.717) is 34.9 Å². The highest BCUT2D eigenvalue weighted by molar-refractivity contribution is 7.91.